The van der Waals surface area contributed by atoms with E-state index in [-0.39, 0.29) is 17.6 Å². The molecule has 2 atom stereocenters. The van der Waals surface area contributed by atoms with E-state index in [1.165, 1.54) is 20.0 Å². The molecule has 1 N–H and O–H groups in total. The smallest absolute Gasteiger partial charge is 0.325 e. The third-order valence-electron chi connectivity index (χ3n) is 4.44. The maximum atomic E-state index is 12.2. The Bertz CT molecular complexity index is 341. The molecule has 1 rings (SSSR count). The number of carbonyl (C=O) groups is 1. The zero-order valence-corrected chi connectivity index (χ0v) is 14.2. The summed E-state index contributed by atoms with van der Waals surface area (Å²) in [5, 5.41) is 3.39. The SMILES string of the molecule is COC(=O)C(C)(CC(C)N1CCCC1(C)C)NC(C)C. The molecule has 1 fully saturated rings. The highest BCUT2D eigenvalue weighted by atomic mass is 16.5. The Kier molecular flexibility index (Phi) is 5.61. The predicted octanol–water partition coefficient (Wildman–Crippen LogP) is 2.57. The van der Waals surface area contributed by atoms with Crippen LogP contribution in [-0.4, -0.2) is 47.7 Å². The molecule has 0 aliphatic carbocycles. The van der Waals surface area contributed by atoms with Gasteiger partial charge < -0.3 is 4.74 Å². The largest absolute Gasteiger partial charge is 0.468 e. The average Bonchev–Trinajstić information content (AvgIpc) is 2.66. The Labute approximate surface area is 124 Å². The molecule has 118 valence electrons. The third kappa shape index (κ3) is 3.95. The van der Waals surface area contributed by atoms with Crippen molar-refractivity contribution in [2.45, 2.75) is 84.0 Å². The summed E-state index contributed by atoms with van der Waals surface area (Å²) in [5.41, 5.74) is -0.394. The van der Waals surface area contributed by atoms with Crippen molar-refractivity contribution in [3.63, 3.8) is 0 Å². The van der Waals surface area contributed by atoms with E-state index in [0.29, 0.717) is 6.04 Å². The molecular formula is C16H32N2O2. The molecule has 1 heterocycles. The number of ether oxygens (including phenoxy) is 1. The second-order valence-electron chi connectivity index (χ2n) is 7.29. The normalized spacial score (nSPS) is 23.6. The molecule has 0 aromatic heterocycles. The Morgan fingerprint density at radius 1 is 1.40 bits per heavy atom. The van der Waals surface area contributed by atoms with Gasteiger partial charge in [0.25, 0.3) is 0 Å². The molecule has 0 aromatic carbocycles. The molecule has 4 nitrogen and oxygen atoms in total. The van der Waals surface area contributed by atoms with Crippen LogP contribution in [0.3, 0.4) is 0 Å². The van der Waals surface area contributed by atoms with Crippen molar-refractivity contribution in [3.05, 3.63) is 0 Å². The minimum atomic E-state index is -0.624. The molecule has 0 spiro atoms. The Morgan fingerprint density at radius 3 is 2.40 bits per heavy atom. The molecule has 0 amide bonds. The van der Waals surface area contributed by atoms with Crippen LogP contribution in [0.5, 0.6) is 0 Å². The number of nitrogens with zero attached hydrogens (tertiary/aromatic N) is 1. The van der Waals surface area contributed by atoms with E-state index in [1.807, 2.05) is 6.92 Å². The molecule has 1 saturated heterocycles. The molecule has 0 aromatic rings. The maximum Gasteiger partial charge on any atom is 0.325 e. The van der Waals surface area contributed by atoms with Gasteiger partial charge in [-0.25, -0.2) is 0 Å². The summed E-state index contributed by atoms with van der Waals surface area (Å²) in [5.74, 6) is -0.171. The number of carbonyl (C=O) groups excluding carboxylic acids is 1. The maximum absolute atomic E-state index is 12.2. The van der Waals surface area contributed by atoms with Crippen molar-refractivity contribution >= 4 is 5.97 Å². The van der Waals surface area contributed by atoms with E-state index in [1.54, 1.807) is 0 Å². The number of hydrogen-bond donors (Lipinski definition) is 1. The van der Waals surface area contributed by atoms with Crippen LogP contribution in [0, 0.1) is 0 Å². The van der Waals surface area contributed by atoms with Crippen LogP contribution in [0.4, 0.5) is 0 Å². The summed E-state index contributed by atoms with van der Waals surface area (Å²) < 4.78 is 5.01. The van der Waals surface area contributed by atoms with Gasteiger partial charge >= 0.3 is 5.97 Å². The fourth-order valence-electron chi connectivity index (χ4n) is 3.71. The van der Waals surface area contributed by atoms with E-state index in [2.05, 4.69) is 44.8 Å². The summed E-state index contributed by atoms with van der Waals surface area (Å²) in [6, 6.07) is 0.598. The van der Waals surface area contributed by atoms with Crippen LogP contribution >= 0.6 is 0 Å². The zero-order chi connectivity index (χ0) is 15.6. The topological polar surface area (TPSA) is 41.6 Å². The second kappa shape index (κ2) is 6.44. The van der Waals surface area contributed by atoms with Crippen LogP contribution in [0.2, 0.25) is 0 Å². The Morgan fingerprint density at radius 2 is 2.00 bits per heavy atom. The van der Waals surface area contributed by atoms with Crippen molar-refractivity contribution in [2.75, 3.05) is 13.7 Å². The molecule has 1 aliphatic rings. The lowest BCUT2D eigenvalue weighted by molar-refractivity contribution is -0.149. The van der Waals surface area contributed by atoms with Crippen LogP contribution in [-0.2, 0) is 9.53 Å². The highest BCUT2D eigenvalue weighted by Crippen LogP contribution is 2.32. The Balaban J connectivity index is 2.81. The van der Waals surface area contributed by atoms with Gasteiger partial charge in [0.15, 0.2) is 0 Å². The first-order valence-electron chi connectivity index (χ1n) is 7.75. The van der Waals surface area contributed by atoms with Gasteiger partial charge in [0.1, 0.15) is 5.54 Å². The summed E-state index contributed by atoms with van der Waals surface area (Å²) in [6.07, 6.45) is 3.23. The molecule has 1 aliphatic heterocycles. The van der Waals surface area contributed by atoms with Gasteiger partial charge in [-0.1, -0.05) is 0 Å². The second-order valence-corrected chi connectivity index (χ2v) is 7.29. The number of nitrogens with one attached hydrogen (secondary N) is 1. The van der Waals surface area contributed by atoms with Crippen molar-refractivity contribution in [1.29, 1.82) is 0 Å². The standard InChI is InChI=1S/C16H32N2O2/c1-12(2)17-16(6,14(19)20-7)11-13(3)18-10-8-9-15(18,4)5/h12-13,17H,8-11H2,1-7H3. The molecule has 20 heavy (non-hydrogen) atoms. The first kappa shape index (κ1) is 17.4. The Hall–Kier alpha value is -0.610. The minimum Gasteiger partial charge on any atom is -0.468 e. The fourth-order valence-corrected chi connectivity index (χ4v) is 3.71. The van der Waals surface area contributed by atoms with Crippen molar-refractivity contribution in [2.24, 2.45) is 0 Å². The molecular weight excluding hydrogens is 252 g/mol. The van der Waals surface area contributed by atoms with E-state index >= 15 is 0 Å². The molecule has 4 heteroatoms. The van der Waals surface area contributed by atoms with Crippen molar-refractivity contribution in [1.82, 2.24) is 10.2 Å². The summed E-state index contributed by atoms with van der Waals surface area (Å²) in [7, 11) is 1.47. The third-order valence-corrected chi connectivity index (χ3v) is 4.44. The van der Waals surface area contributed by atoms with E-state index in [0.717, 1.165) is 13.0 Å². The number of likely N-dealkylation sites (tertiary alicyclic amines) is 1. The van der Waals surface area contributed by atoms with Crippen LogP contribution in [0.25, 0.3) is 0 Å². The zero-order valence-electron chi connectivity index (χ0n) is 14.2. The number of rotatable bonds is 6. The van der Waals surface area contributed by atoms with Crippen LogP contribution in [0.15, 0.2) is 0 Å². The monoisotopic (exact) mass is 284 g/mol. The van der Waals surface area contributed by atoms with Crippen LogP contribution < -0.4 is 5.32 Å². The lowest BCUT2D eigenvalue weighted by Gasteiger charge is -2.41. The first-order valence-corrected chi connectivity index (χ1v) is 7.75. The molecule has 0 bridgehead atoms. The van der Waals surface area contributed by atoms with Crippen molar-refractivity contribution < 1.29 is 9.53 Å². The van der Waals surface area contributed by atoms with E-state index in [9.17, 15) is 4.79 Å². The first-order chi connectivity index (χ1) is 9.12. The molecule has 0 saturated carbocycles. The van der Waals surface area contributed by atoms with Crippen LogP contribution in [0.1, 0.15) is 60.8 Å². The van der Waals surface area contributed by atoms with Gasteiger partial charge in [-0.05, 0) is 67.3 Å². The number of hydrogen-bond acceptors (Lipinski definition) is 4. The van der Waals surface area contributed by atoms with Gasteiger partial charge in [0.05, 0.1) is 7.11 Å². The van der Waals surface area contributed by atoms with Gasteiger partial charge in [-0.15, -0.1) is 0 Å². The highest BCUT2D eigenvalue weighted by molar-refractivity contribution is 5.80. The molecule has 2 unspecified atom stereocenters. The summed E-state index contributed by atoms with van der Waals surface area (Å²) >= 11 is 0. The predicted molar refractivity (Wildman–Crippen MR) is 82.8 cm³/mol. The highest BCUT2D eigenvalue weighted by Gasteiger charge is 2.41. The van der Waals surface area contributed by atoms with E-state index < -0.39 is 5.54 Å². The quantitative estimate of drug-likeness (QED) is 0.761. The van der Waals surface area contributed by atoms with Gasteiger partial charge in [0, 0.05) is 17.6 Å². The molecule has 0 radical (unpaired) electrons. The number of methoxy groups -OCH3 is 1. The lowest BCUT2D eigenvalue weighted by atomic mass is 9.90. The summed E-state index contributed by atoms with van der Waals surface area (Å²) in [6.45, 7) is 14.0. The van der Waals surface area contributed by atoms with E-state index in [4.69, 9.17) is 4.74 Å². The number of esters is 1. The van der Waals surface area contributed by atoms with Crippen molar-refractivity contribution in [3.8, 4) is 0 Å². The minimum absolute atomic E-state index is 0.171. The van der Waals surface area contributed by atoms with Gasteiger partial charge in [-0.2, -0.15) is 0 Å². The van der Waals surface area contributed by atoms with Gasteiger partial charge in [0.2, 0.25) is 0 Å². The lowest BCUT2D eigenvalue weighted by Crippen LogP contribution is -2.57. The average molecular weight is 284 g/mol. The fraction of sp³-hybridized carbons (Fsp3) is 0.938. The summed E-state index contributed by atoms with van der Waals surface area (Å²) in [4.78, 5) is 14.7. The van der Waals surface area contributed by atoms with Gasteiger partial charge in [-0.3, -0.25) is 15.0 Å².